The second-order valence-electron chi connectivity index (χ2n) is 6.23. The Hall–Kier alpha value is -3.01. The van der Waals surface area contributed by atoms with Gasteiger partial charge >= 0.3 is 0 Å². The Kier molecular flexibility index (Phi) is 4.73. The summed E-state index contributed by atoms with van der Waals surface area (Å²) in [6, 6.07) is 22.6. The molecule has 1 aliphatic heterocycles. The summed E-state index contributed by atoms with van der Waals surface area (Å²) in [4.78, 5) is 4.80. The highest BCUT2D eigenvalue weighted by atomic mass is 16.5. The molecule has 1 aliphatic rings. The van der Waals surface area contributed by atoms with Crippen molar-refractivity contribution >= 4 is 5.90 Å². The number of hydrogen-bond donors (Lipinski definition) is 0. The van der Waals surface area contributed by atoms with Gasteiger partial charge < -0.3 is 14.0 Å². The number of benzene rings is 2. The van der Waals surface area contributed by atoms with Crippen LogP contribution in [-0.4, -0.2) is 23.7 Å². The van der Waals surface area contributed by atoms with Crippen molar-refractivity contribution in [2.75, 3.05) is 13.2 Å². The van der Waals surface area contributed by atoms with Crippen LogP contribution in [0.5, 0.6) is 5.75 Å². The van der Waals surface area contributed by atoms with Crippen molar-refractivity contribution in [1.82, 2.24) is 4.57 Å². The largest absolute Gasteiger partial charge is 0.494 e. The zero-order chi connectivity index (χ0) is 17.8. The molecule has 0 aliphatic carbocycles. The molecule has 2 aromatic carbocycles. The van der Waals surface area contributed by atoms with Crippen molar-refractivity contribution in [3.05, 3.63) is 89.7 Å². The summed E-state index contributed by atoms with van der Waals surface area (Å²) in [6.07, 6.45) is 2.06. The second-order valence-corrected chi connectivity index (χ2v) is 6.23. The van der Waals surface area contributed by atoms with E-state index in [9.17, 15) is 0 Å². The van der Waals surface area contributed by atoms with Crippen LogP contribution >= 0.6 is 0 Å². The molecule has 0 saturated carbocycles. The van der Waals surface area contributed by atoms with Gasteiger partial charge in [0.15, 0.2) is 0 Å². The highest BCUT2D eigenvalue weighted by Crippen LogP contribution is 2.26. The quantitative estimate of drug-likeness (QED) is 0.661. The number of nitrogens with zero attached hydrogens (tertiary/aromatic N) is 2. The predicted molar refractivity (Wildman–Crippen MR) is 103 cm³/mol. The van der Waals surface area contributed by atoms with Crippen LogP contribution in [0.15, 0.2) is 77.9 Å². The molecule has 2 heterocycles. The summed E-state index contributed by atoms with van der Waals surface area (Å²) in [5.41, 5.74) is 3.32. The van der Waals surface area contributed by atoms with E-state index in [0.717, 1.165) is 23.6 Å². The Bertz CT molecular complexity index is 899. The monoisotopic (exact) mass is 346 g/mol. The van der Waals surface area contributed by atoms with Crippen molar-refractivity contribution in [3.63, 3.8) is 0 Å². The summed E-state index contributed by atoms with van der Waals surface area (Å²) >= 11 is 0. The van der Waals surface area contributed by atoms with Gasteiger partial charge in [0, 0.05) is 11.8 Å². The fourth-order valence-electron chi connectivity index (χ4n) is 3.22. The lowest BCUT2D eigenvalue weighted by molar-refractivity contribution is 0.318. The van der Waals surface area contributed by atoms with Gasteiger partial charge in [0.05, 0.1) is 13.2 Å². The van der Waals surface area contributed by atoms with E-state index in [2.05, 4.69) is 35.0 Å². The average Bonchev–Trinajstić information content (AvgIpc) is 3.33. The van der Waals surface area contributed by atoms with Gasteiger partial charge in [0.2, 0.25) is 5.90 Å². The molecule has 0 N–H and O–H groups in total. The van der Waals surface area contributed by atoms with Crippen molar-refractivity contribution in [1.29, 1.82) is 0 Å². The van der Waals surface area contributed by atoms with Crippen molar-refractivity contribution < 1.29 is 9.47 Å². The van der Waals surface area contributed by atoms with Gasteiger partial charge in [-0.2, -0.15) is 0 Å². The zero-order valence-electron chi connectivity index (χ0n) is 14.8. The lowest BCUT2D eigenvalue weighted by Crippen LogP contribution is -2.11. The van der Waals surface area contributed by atoms with Crippen LogP contribution in [0.4, 0.5) is 0 Å². The summed E-state index contributed by atoms with van der Waals surface area (Å²) in [7, 11) is 0. The Balaban J connectivity index is 1.58. The molecular weight excluding hydrogens is 324 g/mol. The normalized spacial score (nSPS) is 16.2. The highest BCUT2D eigenvalue weighted by molar-refractivity contribution is 5.93. The number of aliphatic imine (C=N–C) groups is 1. The first-order valence-corrected chi connectivity index (χ1v) is 8.97. The zero-order valence-corrected chi connectivity index (χ0v) is 14.8. The Labute approximate surface area is 153 Å². The van der Waals surface area contributed by atoms with Crippen molar-refractivity contribution in [2.24, 2.45) is 4.99 Å². The minimum Gasteiger partial charge on any atom is -0.494 e. The smallest absolute Gasteiger partial charge is 0.234 e. The maximum Gasteiger partial charge on any atom is 0.234 e. The Morgan fingerprint density at radius 1 is 1.04 bits per heavy atom. The fraction of sp³-hybridized carbons (Fsp3) is 0.227. The number of hydrogen-bond acceptors (Lipinski definition) is 3. The van der Waals surface area contributed by atoms with Crippen LogP contribution in [0.1, 0.15) is 29.8 Å². The molecule has 1 atom stereocenters. The molecule has 0 radical (unpaired) electrons. The number of rotatable bonds is 6. The highest BCUT2D eigenvalue weighted by Gasteiger charge is 2.23. The van der Waals surface area contributed by atoms with Gasteiger partial charge in [-0.3, -0.25) is 0 Å². The first kappa shape index (κ1) is 16.5. The number of ether oxygens (including phenoxy) is 2. The molecule has 0 amide bonds. The van der Waals surface area contributed by atoms with Crippen LogP contribution in [0.25, 0.3) is 0 Å². The third kappa shape index (κ3) is 3.36. The third-order valence-electron chi connectivity index (χ3n) is 4.50. The molecule has 0 fully saturated rings. The SMILES string of the molecule is CCOc1ccccc1Cn1cccc1C1=N[C@@H](c2ccccc2)CO1. The van der Waals surface area contributed by atoms with E-state index < -0.39 is 0 Å². The van der Waals surface area contributed by atoms with Gasteiger partial charge in [0.1, 0.15) is 24.1 Å². The second kappa shape index (κ2) is 7.48. The summed E-state index contributed by atoms with van der Waals surface area (Å²) in [5.74, 6) is 1.63. The minimum atomic E-state index is 0.0604. The van der Waals surface area contributed by atoms with Crippen molar-refractivity contribution in [3.8, 4) is 5.75 Å². The molecule has 3 aromatic rings. The van der Waals surface area contributed by atoms with Crippen LogP contribution in [0.2, 0.25) is 0 Å². The first-order chi connectivity index (χ1) is 12.8. The lowest BCUT2D eigenvalue weighted by Gasteiger charge is -2.13. The predicted octanol–water partition coefficient (Wildman–Crippen LogP) is 4.45. The molecule has 0 spiro atoms. The summed E-state index contributed by atoms with van der Waals surface area (Å²) in [5, 5.41) is 0. The van der Waals surface area contributed by atoms with E-state index in [1.807, 2.05) is 49.4 Å². The fourth-order valence-corrected chi connectivity index (χ4v) is 3.22. The Morgan fingerprint density at radius 2 is 1.85 bits per heavy atom. The molecule has 4 heteroatoms. The molecular formula is C22H22N2O2. The topological polar surface area (TPSA) is 35.8 Å². The summed E-state index contributed by atoms with van der Waals surface area (Å²) < 4.78 is 13.8. The third-order valence-corrected chi connectivity index (χ3v) is 4.50. The minimum absolute atomic E-state index is 0.0604. The molecule has 4 nitrogen and oxygen atoms in total. The molecule has 0 saturated heterocycles. The van der Waals surface area contributed by atoms with Crippen LogP contribution < -0.4 is 4.74 Å². The molecule has 4 rings (SSSR count). The standard InChI is InChI=1S/C22H22N2O2/c1-2-25-21-13-7-6-11-18(21)15-24-14-8-12-20(24)22-23-19(16-26-22)17-9-4-3-5-10-17/h3-14,19H,2,15-16H2,1H3/t19-/m1/s1. The molecule has 132 valence electrons. The average molecular weight is 346 g/mol. The molecule has 0 unspecified atom stereocenters. The van der Waals surface area contributed by atoms with E-state index in [-0.39, 0.29) is 6.04 Å². The van der Waals surface area contributed by atoms with E-state index in [1.54, 1.807) is 0 Å². The van der Waals surface area contributed by atoms with E-state index >= 15 is 0 Å². The number of para-hydroxylation sites is 1. The van der Waals surface area contributed by atoms with E-state index in [4.69, 9.17) is 14.5 Å². The van der Waals surface area contributed by atoms with Crippen LogP contribution in [-0.2, 0) is 11.3 Å². The van der Waals surface area contributed by atoms with Gasteiger partial charge in [-0.05, 0) is 30.7 Å². The molecule has 1 aromatic heterocycles. The maximum atomic E-state index is 5.92. The molecule has 0 bridgehead atoms. The lowest BCUT2D eigenvalue weighted by atomic mass is 10.1. The van der Waals surface area contributed by atoms with Crippen LogP contribution in [0.3, 0.4) is 0 Å². The molecule has 26 heavy (non-hydrogen) atoms. The summed E-state index contributed by atoms with van der Waals surface area (Å²) in [6.45, 7) is 3.96. The van der Waals surface area contributed by atoms with Gasteiger partial charge in [-0.25, -0.2) is 4.99 Å². The van der Waals surface area contributed by atoms with E-state index in [0.29, 0.717) is 19.1 Å². The number of aromatic nitrogens is 1. The Morgan fingerprint density at radius 3 is 2.69 bits per heavy atom. The van der Waals surface area contributed by atoms with Crippen LogP contribution in [0, 0.1) is 0 Å². The van der Waals surface area contributed by atoms with Gasteiger partial charge in [-0.1, -0.05) is 48.5 Å². The van der Waals surface area contributed by atoms with E-state index in [1.165, 1.54) is 5.56 Å². The maximum absolute atomic E-state index is 5.92. The van der Waals surface area contributed by atoms with Crippen molar-refractivity contribution in [2.45, 2.75) is 19.5 Å². The van der Waals surface area contributed by atoms with Gasteiger partial charge in [0.25, 0.3) is 0 Å². The first-order valence-electron chi connectivity index (χ1n) is 8.97. The van der Waals surface area contributed by atoms with Gasteiger partial charge in [-0.15, -0.1) is 0 Å².